The number of amides is 1. The average Bonchev–Trinajstić information content (AvgIpc) is 2.48. The topological polar surface area (TPSA) is 38.3 Å². The van der Waals surface area contributed by atoms with Crippen molar-refractivity contribution in [2.75, 3.05) is 11.9 Å². The van der Waals surface area contributed by atoms with Crippen LogP contribution in [-0.2, 0) is 0 Å². The third-order valence-corrected chi connectivity index (χ3v) is 2.70. The van der Waals surface area contributed by atoms with Gasteiger partial charge in [-0.2, -0.15) is 13.2 Å². The molecule has 122 valence electrons. The number of benzene rings is 2. The van der Waals surface area contributed by atoms with Crippen molar-refractivity contribution < 1.29 is 31.5 Å². The molecule has 0 aliphatic carbocycles. The lowest BCUT2D eigenvalue weighted by Gasteiger charge is -2.10. The lowest BCUT2D eigenvalue weighted by atomic mass is 10.2. The zero-order valence-electron chi connectivity index (χ0n) is 11.5. The molecule has 2 aromatic carbocycles. The number of ether oxygens (including phenoxy) is 1. The maximum Gasteiger partial charge on any atom is 0.422 e. The largest absolute Gasteiger partial charge is 0.484 e. The van der Waals surface area contributed by atoms with Crippen molar-refractivity contribution in [2.24, 2.45) is 0 Å². The molecule has 23 heavy (non-hydrogen) atoms. The molecule has 0 radical (unpaired) electrons. The molecule has 0 saturated carbocycles. The van der Waals surface area contributed by atoms with E-state index >= 15 is 0 Å². The van der Waals surface area contributed by atoms with Crippen LogP contribution in [0.4, 0.5) is 27.6 Å². The van der Waals surface area contributed by atoms with Gasteiger partial charge >= 0.3 is 6.18 Å². The summed E-state index contributed by atoms with van der Waals surface area (Å²) in [6.07, 6.45) is -4.44. The van der Waals surface area contributed by atoms with Gasteiger partial charge < -0.3 is 10.1 Å². The predicted molar refractivity (Wildman–Crippen MR) is 72.3 cm³/mol. The highest BCUT2D eigenvalue weighted by molar-refractivity contribution is 6.04. The van der Waals surface area contributed by atoms with Gasteiger partial charge in [-0.25, -0.2) is 8.78 Å². The number of carbonyl (C=O) groups is 1. The zero-order valence-corrected chi connectivity index (χ0v) is 11.5. The summed E-state index contributed by atoms with van der Waals surface area (Å²) in [5, 5.41) is 2.40. The van der Waals surface area contributed by atoms with Gasteiger partial charge in [-0.15, -0.1) is 0 Å². The Balaban J connectivity index is 2.00. The molecular weight excluding hydrogens is 321 g/mol. The predicted octanol–water partition coefficient (Wildman–Crippen LogP) is 4.16. The Kier molecular flexibility index (Phi) is 4.83. The quantitative estimate of drug-likeness (QED) is 0.855. The van der Waals surface area contributed by atoms with Gasteiger partial charge in [0.25, 0.3) is 5.91 Å². The number of anilines is 1. The summed E-state index contributed by atoms with van der Waals surface area (Å²) in [5.74, 6) is -2.94. The molecule has 0 fully saturated rings. The van der Waals surface area contributed by atoms with Gasteiger partial charge in [-0.3, -0.25) is 4.79 Å². The number of hydrogen-bond acceptors (Lipinski definition) is 2. The highest BCUT2D eigenvalue weighted by atomic mass is 19.4. The van der Waals surface area contributed by atoms with Crippen LogP contribution in [0.2, 0.25) is 0 Å². The van der Waals surface area contributed by atoms with Crippen LogP contribution in [-0.4, -0.2) is 18.7 Å². The maximum atomic E-state index is 13.0. The molecule has 0 spiro atoms. The monoisotopic (exact) mass is 331 g/mol. The molecule has 0 bridgehead atoms. The first-order valence-corrected chi connectivity index (χ1v) is 6.30. The van der Waals surface area contributed by atoms with Crippen molar-refractivity contribution in [1.29, 1.82) is 0 Å². The highest BCUT2D eigenvalue weighted by Gasteiger charge is 2.28. The molecule has 0 atom stereocenters. The second kappa shape index (κ2) is 6.64. The molecule has 0 saturated heterocycles. The SMILES string of the molecule is O=C(Nc1ccc(OCC(F)(F)F)cc1)c1ccc(F)c(F)c1. The lowest BCUT2D eigenvalue weighted by Crippen LogP contribution is -2.19. The Bertz CT molecular complexity index is 698. The first-order valence-electron chi connectivity index (χ1n) is 6.30. The van der Waals surface area contributed by atoms with E-state index in [1.165, 1.54) is 24.3 Å². The fraction of sp³-hybridized carbons (Fsp3) is 0.133. The number of nitrogens with one attached hydrogen (secondary N) is 1. The van der Waals surface area contributed by atoms with E-state index in [0.717, 1.165) is 18.2 Å². The Morgan fingerprint density at radius 3 is 2.22 bits per heavy atom. The average molecular weight is 331 g/mol. The molecule has 0 aliphatic rings. The Morgan fingerprint density at radius 1 is 1.00 bits per heavy atom. The number of rotatable bonds is 4. The minimum atomic E-state index is -4.44. The van der Waals surface area contributed by atoms with E-state index in [1.54, 1.807) is 0 Å². The van der Waals surface area contributed by atoms with Gasteiger partial charge in [0.05, 0.1) is 0 Å². The summed E-state index contributed by atoms with van der Waals surface area (Å²) in [4.78, 5) is 11.8. The van der Waals surface area contributed by atoms with E-state index < -0.39 is 30.3 Å². The molecule has 3 nitrogen and oxygen atoms in total. The molecule has 2 aromatic rings. The van der Waals surface area contributed by atoms with Crippen LogP contribution >= 0.6 is 0 Å². The van der Waals surface area contributed by atoms with Crippen molar-refractivity contribution in [1.82, 2.24) is 0 Å². The van der Waals surface area contributed by atoms with Crippen LogP contribution in [0.25, 0.3) is 0 Å². The van der Waals surface area contributed by atoms with Crippen LogP contribution in [0.5, 0.6) is 5.75 Å². The molecule has 8 heteroatoms. The number of alkyl halides is 3. The Hall–Kier alpha value is -2.64. The van der Waals surface area contributed by atoms with Crippen LogP contribution in [0.3, 0.4) is 0 Å². The van der Waals surface area contributed by atoms with Crippen molar-refractivity contribution >= 4 is 11.6 Å². The van der Waals surface area contributed by atoms with E-state index in [-0.39, 0.29) is 17.0 Å². The Morgan fingerprint density at radius 2 is 1.65 bits per heavy atom. The third kappa shape index (κ3) is 4.94. The summed E-state index contributed by atoms with van der Waals surface area (Å²) in [7, 11) is 0. The zero-order chi connectivity index (χ0) is 17.0. The molecule has 2 rings (SSSR count). The normalized spacial score (nSPS) is 11.2. The van der Waals surface area contributed by atoms with Gasteiger partial charge in [0, 0.05) is 11.3 Å². The van der Waals surface area contributed by atoms with E-state index in [0.29, 0.717) is 0 Å². The molecule has 1 amide bonds. The fourth-order valence-corrected chi connectivity index (χ4v) is 1.64. The van der Waals surface area contributed by atoms with Crippen LogP contribution in [0.15, 0.2) is 42.5 Å². The molecule has 0 aliphatic heterocycles. The van der Waals surface area contributed by atoms with E-state index in [2.05, 4.69) is 10.1 Å². The fourth-order valence-electron chi connectivity index (χ4n) is 1.64. The number of hydrogen-bond donors (Lipinski definition) is 1. The standard InChI is InChI=1S/C15H10F5NO2/c16-12-6-1-9(7-13(12)17)14(22)21-10-2-4-11(5-3-10)23-8-15(18,19)20/h1-7H,8H2,(H,21,22). The van der Waals surface area contributed by atoms with E-state index in [9.17, 15) is 26.7 Å². The smallest absolute Gasteiger partial charge is 0.422 e. The van der Waals surface area contributed by atoms with Crippen LogP contribution in [0, 0.1) is 11.6 Å². The molecule has 1 N–H and O–H groups in total. The Labute approximate surface area is 127 Å². The molecular formula is C15H10F5NO2. The van der Waals surface area contributed by atoms with Crippen LogP contribution in [0.1, 0.15) is 10.4 Å². The number of halogens is 5. The van der Waals surface area contributed by atoms with Crippen molar-refractivity contribution in [2.45, 2.75) is 6.18 Å². The molecule has 0 heterocycles. The summed E-state index contributed by atoms with van der Waals surface area (Å²) in [5.41, 5.74) is 0.167. The minimum absolute atomic E-state index is 0.0202. The van der Waals surface area contributed by atoms with Crippen molar-refractivity contribution in [3.63, 3.8) is 0 Å². The van der Waals surface area contributed by atoms with Gasteiger partial charge in [0.2, 0.25) is 0 Å². The minimum Gasteiger partial charge on any atom is -0.484 e. The van der Waals surface area contributed by atoms with Gasteiger partial charge in [-0.05, 0) is 42.5 Å². The van der Waals surface area contributed by atoms with Gasteiger partial charge in [-0.1, -0.05) is 0 Å². The van der Waals surface area contributed by atoms with E-state index in [4.69, 9.17) is 0 Å². The first kappa shape index (κ1) is 16.7. The van der Waals surface area contributed by atoms with Gasteiger partial charge in [0.1, 0.15) is 5.75 Å². The number of carbonyl (C=O) groups excluding carboxylic acids is 1. The summed E-state index contributed by atoms with van der Waals surface area (Å²) in [6.45, 7) is -1.42. The summed E-state index contributed by atoms with van der Waals surface area (Å²) >= 11 is 0. The molecule has 0 unspecified atom stereocenters. The van der Waals surface area contributed by atoms with E-state index in [1.807, 2.05) is 0 Å². The first-order chi connectivity index (χ1) is 10.7. The lowest BCUT2D eigenvalue weighted by molar-refractivity contribution is -0.153. The third-order valence-electron chi connectivity index (χ3n) is 2.70. The van der Waals surface area contributed by atoms with Gasteiger partial charge in [0.15, 0.2) is 18.2 Å². The van der Waals surface area contributed by atoms with Crippen molar-refractivity contribution in [3.8, 4) is 5.75 Å². The van der Waals surface area contributed by atoms with Crippen LogP contribution < -0.4 is 10.1 Å². The highest BCUT2D eigenvalue weighted by Crippen LogP contribution is 2.20. The summed E-state index contributed by atoms with van der Waals surface area (Å²) < 4.78 is 66.4. The van der Waals surface area contributed by atoms with Crippen molar-refractivity contribution in [3.05, 3.63) is 59.7 Å². The molecule has 0 aromatic heterocycles. The second-order valence-electron chi connectivity index (χ2n) is 4.51. The second-order valence-corrected chi connectivity index (χ2v) is 4.51. The summed E-state index contributed by atoms with van der Waals surface area (Å²) in [6, 6.07) is 7.80. The maximum absolute atomic E-state index is 13.0.